The average Bonchev–Trinajstić information content (AvgIpc) is 2.89. The Labute approximate surface area is 113 Å². The van der Waals surface area contributed by atoms with Gasteiger partial charge < -0.3 is 5.32 Å². The van der Waals surface area contributed by atoms with Gasteiger partial charge >= 0.3 is 0 Å². The highest BCUT2D eigenvalue weighted by Crippen LogP contribution is 2.47. The van der Waals surface area contributed by atoms with Crippen LogP contribution in [0.25, 0.3) is 0 Å². The van der Waals surface area contributed by atoms with Crippen LogP contribution in [0.4, 0.5) is 0 Å². The summed E-state index contributed by atoms with van der Waals surface area (Å²) in [5.74, 6) is 1.32. The van der Waals surface area contributed by atoms with Crippen molar-refractivity contribution in [3.05, 3.63) is 21.9 Å². The molecule has 1 fully saturated rings. The summed E-state index contributed by atoms with van der Waals surface area (Å²) in [6, 6.07) is 5.11. The van der Waals surface area contributed by atoms with E-state index in [4.69, 9.17) is 0 Å². The van der Waals surface area contributed by atoms with Crippen molar-refractivity contribution in [2.24, 2.45) is 0 Å². The van der Waals surface area contributed by atoms with Gasteiger partial charge in [0, 0.05) is 14.5 Å². The first-order valence-corrected chi connectivity index (χ1v) is 8.39. The fourth-order valence-corrected chi connectivity index (χ4v) is 5.14. The Hall–Kier alpha value is 0.01000. The minimum absolute atomic E-state index is 0.395. The number of hydrogen-bond donors (Lipinski definition) is 1. The summed E-state index contributed by atoms with van der Waals surface area (Å²) in [6.45, 7) is 8.01. The number of rotatable bonds is 5. The van der Waals surface area contributed by atoms with Gasteiger partial charge in [-0.25, -0.2) is 0 Å². The van der Waals surface area contributed by atoms with E-state index in [1.807, 2.05) is 11.3 Å². The molecule has 1 aliphatic heterocycles. The van der Waals surface area contributed by atoms with Crippen LogP contribution < -0.4 is 5.32 Å². The summed E-state index contributed by atoms with van der Waals surface area (Å²) >= 11 is 4.11. The molecule has 1 aromatic heterocycles. The van der Waals surface area contributed by atoms with Crippen molar-refractivity contribution >= 4 is 23.1 Å². The smallest absolute Gasteiger partial charge is 0.0561 e. The molecule has 1 aromatic rings. The lowest BCUT2D eigenvalue weighted by atomic mass is 9.94. The lowest BCUT2D eigenvalue weighted by Gasteiger charge is -2.33. The van der Waals surface area contributed by atoms with Gasteiger partial charge in [-0.1, -0.05) is 6.92 Å². The van der Waals surface area contributed by atoms with Gasteiger partial charge in [0.2, 0.25) is 0 Å². The van der Waals surface area contributed by atoms with Crippen LogP contribution in [-0.4, -0.2) is 17.0 Å². The molecule has 0 amide bonds. The van der Waals surface area contributed by atoms with Crippen LogP contribution in [0, 0.1) is 6.92 Å². The minimum atomic E-state index is 0.395. The first-order valence-electron chi connectivity index (χ1n) is 6.59. The Bertz CT molecular complexity index is 353. The summed E-state index contributed by atoms with van der Waals surface area (Å²) in [7, 11) is 0. The summed E-state index contributed by atoms with van der Waals surface area (Å²) in [6.07, 6.45) is 3.92. The lowest BCUT2D eigenvalue weighted by molar-refractivity contribution is 0.418. The first-order chi connectivity index (χ1) is 8.15. The Kier molecular flexibility index (Phi) is 4.56. The molecule has 0 bridgehead atoms. The van der Waals surface area contributed by atoms with Crippen molar-refractivity contribution in [2.75, 3.05) is 12.3 Å². The van der Waals surface area contributed by atoms with Crippen LogP contribution in [-0.2, 0) is 0 Å². The quantitative estimate of drug-likeness (QED) is 0.851. The van der Waals surface area contributed by atoms with E-state index < -0.39 is 0 Å². The van der Waals surface area contributed by atoms with Crippen molar-refractivity contribution < 1.29 is 0 Å². The molecule has 2 atom stereocenters. The van der Waals surface area contributed by atoms with E-state index in [1.54, 1.807) is 0 Å². The molecule has 17 heavy (non-hydrogen) atoms. The second-order valence-electron chi connectivity index (χ2n) is 5.10. The predicted molar refractivity (Wildman–Crippen MR) is 80.2 cm³/mol. The number of thioether (sulfide) groups is 1. The predicted octanol–water partition coefficient (Wildman–Crippen LogP) is 4.38. The fourth-order valence-electron chi connectivity index (χ4n) is 2.54. The van der Waals surface area contributed by atoms with Crippen LogP contribution in [0.3, 0.4) is 0 Å². The van der Waals surface area contributed by atoms with Crippen molar-refractivity contribution in [1.82, 2.24) is 5.32 Å². The molecule has 1 N–H and O–H groups in total. The summed E-state index contributed by atoms with van der Waals surface area (Å²) in [5, 5.41) is 3.77. The number of hydrogen-bond acceptors (Lipinski definition) is 3. The molecule has 96 valence electrons. The molecule has 0 spiro atoms. The van der Waals surface area contributed by atoms with Crippen LogP contribution in [0.5, 0.6) is 0 Å². The molecule has 3 heteroatoms. The molecule has 0 aliphatic carbocycles. The Balaban J connectivity index is 2.18. The van der Waals surface area contributed by atoms with Crippen molar-refractivity contribution in [1.29, 1.82) is 0 Å². The van der Waals surface area contributed by atoms with Gasteiger partial charge in [0.1, 0.15) is 0 Å². The first kappa shape index (κ1) is 13.4. The Morgan fingerprint density at radius 1 is 1.47 bits per heavy atom. The molecule has 0 radical (unpaired) electrons. The second-order valence-corrected chi connectivity index (χ2v) is 8.05. The average molecular weight is 269 g/mol. The normalized spacial score (nSPS) is 26.3. The third-order valence-corrected chi connectivity index (χ3v) is 6.16. The molecule has 0 aromatic carbocycles. The lowest BCUT2D eigenvalue weighted by Crippen LogP contribution is -2.37. The highest BCUT2D eigenvalue weighted by atomic mass is 32.2. The minimum Gasteiger partial charge on any atom is -0.308 e. The molecule has 2 heterocycles. The fraction of sp³-hybridized carbons (Fsp3) is 0.714. The largest absolute Gasteiger partial charge is 0.308 e. The van der Waals surface area contributed by atoms with E-state index in [2.05, 4.69) is 50.0 Å². The summed E-state index contributed by atoms with van der Waals surface area (Å²) in [4.78, 5) is 2.95. The van der Waals surface area contributed by atoms with E-state index in [1.165, 1.54) is 34.8 Å². The van der Waals surface area contributed by atoms with E-state index >= 15 is 0 Å². The molecule has 1 saturated heterocycles. The SMILES string of the molecule is CCCNC(c1ccc(C)s1)C1(C)CCCS1. The third-order valence-electron chi connectivity index (χ3n) is 3.50. The maximum Gasteiger partial charge on any atom is 0.0561 e. The van der Waals surface area contributed by atoms with E-state index in [0.717, 1.165) is 6.54 Å². The standard InChI is InChI=1S/C14H23NS2/c1-4-9-15-13(12-7-6-11(2)17-12)14(3)8-5-10-16-14/h6-7,13,15H,4-5,8-10H2,1-3H3. The maximum absolute atomic E-state index is 3.77. The topological polar surface area (TPSA) is 12.0 Å². The summed E-state index contributed by atoms with van der Waals surface area (Å²) in [5.41, 5.74) is 0. The van der Waals surface area contributed by atoms with Gasteiger partial charge in [-0.3, -0.25) is 0 Å². The Morgan fingerprint density at radius 2 is 2.29 bits per heavy atom. The number of thiophene rings is 1. The Morgan fingerprint density at radius 3 is 2.82 bits per heavy atom. The van der Waals surface area contributed by atoms with Crippen molar-refractivity contribution in [3.63, 3.8) is 0 Å². The van der Waals surface area contributed by atoms with Gasteiger partial charge in [0.15, 0.2) is 0 Å². The van der Waals surface area contributed by atoms with Crippen molar-refractivity contribution in [2.45, 2.75) is 50.8 Å². The molecule has 2 unspecified atom stereocenters. The molecular weight excluding hydrogens is 246 g/mol. The monoisotopic (exact) mass is 269 g/mol. The molecule has 1 aliphatic rings. The van der Waals surface area contributed by atoms with Gasteiger partial charge in [-0.15, -0.1) is 11.3 Å². The maximum atomic E-state index is 3.77. The van der Waals surface area contributed by atoms with Gasteiger partial charge in [-0.05, 0) is 57.5 Å². The van der Waals surface area contributed by atoms with Crippen LogP contribution >= 0.6 is 23.1 Å². The molecule has 2 rings (SSSR count). The van der Waals surface area contributed by atoms with Gasteiger partial charge in [-0.2, -0.15) is 11.8 Å². The van der Waals surface area contributed by atoms with Crippen LogP contribution in [0.15, 0.2) is 12.1 Å². The second kappa shape index (κ2) is 5.77. The van der Waals surface area contributed by atoms with E-state index in [0.29, 0.717) is 10.8 Å². The van der Waals surface area contributed by atoms with Crippen LogP contribution in [0.2, 0.25) is 0 Å². The van der Waals surface area contributed by atoms with Crippen LogP contribution in [0.1, 0.15) is 48.9 Å². The molecular formula is C14H23NS2. The zero-order chi connectivity index (χ0) is 12.3. The number of aryl methyl sites for hydroxylation is 1. The van der Waals surface area contributed by atoms with Crippen molar-refractivity contribution in [3.8, 4) is 0 Å². The van der Waals surface area contributed by atoms with Gasteiger partial charge in [0.05, 0.1) is 6.04 Å². The number of nitrogens with one attached hydrogen (secondary N) is 1. The van der Waals surface area contributed by atoms with E-state index in [-0.39, 0.29) is 0 Å². The molecule has 0 saturated carbocycles. The highest BCUT2D eigenvalue weighted by Gasteiger charge is 2.38. The summed E-state index contributed by atoms with van der Waals surface area (Å²) < 4.78 is 0.395. The zero-order valence-electron chi connectivity index (χ0n) is 11.1. The molecule has 1 nitrogen and oxygen atoms in total. The van der Waals surface area contributed by atoms with E-state index in [9.17, 15) is 0 Å². The highest BCUT2D eigenvalue weighted by molar-refractivity contribution is 8.00. The van der Waals surface area contributed by atoms with Gasteiger partial charge in [0.25, 0.3) is 0 Å². The third kappa shape index (κ3) is 3.07. The zero-order valence-corrected chi connectivity index (χ0v) is 12.7.